The van der Waals surface area contributed by atoms with Crippen LogP contribution in [-0.2, 0) is 17.6 Å². The first-order chi connectivity index (χ1) is 13.6. The Hall–Kier alpha value is -2.18. The van der Waals surface area contributed by atoms with Crippen LogP contribution in [0.2, 0.25) is 0 Å². The Kier molecular flexibility index (Phi) is 5.78. The predicted molar refractivity (Wildman–Crippen MR) is 111 cm³/mol. The summed E-state index contributed by atoms with van der Waals surface area (Å²) in [5.74, 6) is 0.687. The molecule has 2 heterocycles. The Morgan fingerprint density at radius 3 is 2.68 bits per heavy atom. The second kappa shape index (κ2) is 8.45. The van der Waals surface area contributed by atoms with E-state index in [0.29, 0.717) is 37.6 Å². The molecule has 1 N–H and O–H groups in total. The molecule has 0 unspecified atom stereocenters. The summed E-state index contributed by atoms with van der Waals surface area (Å²) in [6.07, 6.45) is 4.61. The number of carbonyl (C=O) groups excluding carboxylic acids is 2. The fraction of sp³-hybridized carbons (Fsp3) is 0.455. The van der Waals surface area contributed by atoms with E-state index in [9.17, 15) is 9.59 Å². The number of thiophene rings is 1. The second-order valence-corrected chi connectivity index (χ2v) is 8.65. The van der Waals surface area contributed by atoms with Crippen LogP contribution in [0.25, 0.3) is 0 Å². The highest BCUT2D eigenvalue weighted by Gasteiger charge is 2.22. The molecule has 1 fully saturated rings. The SMILES string of the molecule is CC[C@@H]1CCc2sc(C(=O)Nc3ccc(C(=O)N4CCOCC4)cc3)cc2C1. The van der Waals surface area contributed by atoms with Gasteiger partial charge in [0.2, 0.25) is 0 Å². The number of nitrogens with one attached hydrogen (secondary N) is 1. The standard InChI is InChI=1S/C22H26N2O3S/c1-2-15-3-8-19-17(13-15)14-20(28-19)21(25)23-18-6-4-16(5-7-18)22(26)24-9-11-27-12-10-24/h4-7,14-15H,2-3,8-13H2,1H3,(H,23,25)/t15-/m1/s1. The summed E-state index contributed by atoms with van der Waals surface area (Å²) < 4.78 is 5.29. The minimum Gasteiger partial charge on any atom is -0.378 e. The quantitative estimate of drug-likeness (QED) is 0.847. The highest BCUT2D eigenvalue weighted by Crippen LogP contribution is 2.33. The number of anilines is 1. The third-order valence-electron chi connectivity index (χ3n) is 5.67. The van der Waals surface area contributed by atoms with Crippen molar-refractivity contribution in [1.29, 1.82) is 0 Å². The Balaban J connectivity index is 1.40. The van der Waals surface area contributed by atoms with E-state index in [4.69, 9.17) is 4.74 Å². The predicted octanol–water partition coefficient (Wildman–Crippen LogP) is 3.99. The zero-order chi connectivity index (χ0) is 19.5. The van der Waals surface area contributed by atoms with Crippen molar-refractivity contribution >= 4 is 28.8 Å². The smallest absolute Gasteiger partial charge is 0.265 e. The molecule has 1 aliphatic heterocycles. The number of rotatable bonds is 4. The number of hydrogen-bond acceptors (Lipinski definition) is 4. The van der Waals surface area contributed by atoms with E-state index in [-0.39, 0.29) is 11.8 Å². The van der Waals surface area contributed by atoms with E-state index >= 15 is 0 Å². The first-order valence-electron chi connectivity index (χ1n) is 10.0. The summed E-state index contributed by atoms with van der Waals surface area (Å²) in [5.41, 5.74) is 2.69. The number of morpholine rings is 1. The molecule has 1 aliphatic carbocycles. The molecular weight excluding hydrogens is 372 g/mol. The Morgan fingerprint density at radius 1 is 1.21 bits per heavy atom. The molecule has 2 amide bonds. The van der Waals surface area contributed by atoms with Crippen LogP contribution in [0.3, 0.4) is 0 Å². The lowest BCUT2D eigenvalue weighted by atomic mass is 9.87. The third kappa shape index (κ3) is 4.13. The van der Waals surface area contributed by atoms with Gasteiger partial charge in [-0.3, -0.25) is 9.59 Å². The molecule has 0 saturated carbocycles. The van der Waals surface area contributed by atoms with Crippen molar-refractivity contribution < 1.29 is 14.3 Å². The first-order valence-corrected chi connectivity index (χ1v) is 10.9. The zero-order valence-corrected chi connectivity index (χ0v) is 17.0. The fourth-order valence-electron chi connectivity index (χ4n) is 3.90. The van der Waals surface area contributed by atoms with Crippen LogP contribution in [0.5, 0.6) is 0 Å². The maximum atomic E-state index is 12.7. The first kappa shape index (κ1) is 19.2. The lowest BCUT2D eigenvalue weighted by molar-refractivity contribution is 0.0303. The van der Waals surface area contributed by atoms with Crippen molar-refractivity contribution in [3.05, 3.63) is 51.2 Å². The minimum absolute atomic E-state index is 0.0117. The molecule has 28 heavy (non-hydrogen) atoms. The summed E-state index contributed by atoms with van der Waals surface area (Å²) in [6.45, 7) is 4.66. The number of hydrogen-bond donors (Lipinski definition) is 1. The molecule has 1 aromatic carbocycles. The van der Waals surface area contributed by atoms with Crippen molar-refractivity contribution in [2.75, 3.05) is 31.6 Å². The van der Waals surface area contributed by atoms with Gasteiger partial charge in [-0.2, -0.15) is 0 Å². The lowest BCUT2D eigenvalue weighted by Crippen LogP contribution is -2.40. The van der Waals surface area contributed by atoms with E-state index in [1.165, 1.54) is 23.3 Å². The summed E-state index contributed by atoms with van der Waals surface area (Å²) >= 11 is 1.62. The molecule has 0 bridgehead atoms. The van der Waals surface area contributed by atoms with Crippen LogP contribution in [0.1, 0.15) is 50.2 Å². The highest BCUT2D eigenvalue weighted by atomic mass is 32.1. The summed E-state index contributed by atoms with van der Waals surface area (Å²) in [4.78, 5) is 29.1. The molecule has 0 spiro atoms. The number of nitrogens with zero attached hydrogens (tertiary/aromatic N) is 1. The maximum absolute atomic E-state index is 12.7. The van der Waals surface area contributed by atoms with Gasteiger partial charge in [0.05, 0.1) is 18.1 Å². The average Bonchev–Trinajstić information content (AvgIpc) is 3.18. The van der Waals surface area contributed by atoms with Crippen molar-refractivity contribution in [3.63, 3.8) is 0 Å². The molecule has 2 aromatic rings. The molecule has 5 nitrogen and oxygen atoms in total. The molecular formula is C22H26N2O3S. The minimum atomic E-state index is -0.0697. The normalized spacial score (nSPS) is 19.2. The molecule has 1 aromatic heterocycles. The molecule has 2 aliphatic rings. The van der Waals surface area contributed by atoms with Gasteiger partial charge in [-0.15, -0.1) is 11.3 Å². The van der Waals surface area contributed by atoms with Gasteiger partial charge in [0.25, 0.3) is 11.8 Å². The van der Waals surface area contributed by atoms with Crippen molar-refractivity contribution in [2.24, 2.45) is 5.92 Å². The Labute approximate surface area is 169 Å². The van der Waals surface area contributed by atoms with E-state index in [1.54, 1.807) is 40.5 Å². The van der Waals surface area contributed by atoms with Crippen LogP contribution in [-0.4, -0.2) is 43.0 Å². The van der Waals surface area contributed by atoms with E-state index in [0.717, 1.165) is 23.6 Å². The fourth-order valence-corrected chi connectivity index (χ4v) is 5.00. The Morgan fingerprint density at radius 2 is 1.96 bits per heavy atom. The summed E-state index contributed by atoms with van der Waals surface area (Å²) in [6, 6.07) is 9.21. The largest absolute Gasteiger partial charge is 0.378 e. The monoisotopic (exact) mass is 398 g/mol. The summed E-state index contributed by atoms with van der Waals surface area (Å²) in [5, 5.41) is 2.96. The number of carbonyl (C=O) groups is 2. The van der Waals surface area contributed by atoms with E-state index in [2.05, 4.69) is 18.3 Å². The van der Waals surface area contributed by atoms with Crippen molar-refractivity contribution in [1.82, 2.24) is 4.90 Å². The van der Waals surface area contributed by atoms with Crippen LogP contribution in [0, 0.1) is 5.92 Å². The zero-order valence-electron chi connectivity index (χ0n) is 16.2. The summed E-state index contributed by atoms with van der Waals surface area (Å²) in [7, 11) is 0. The van der Waals surface area contributed by atoms with Gasteiger partial charge in [-0.05, 0) is 61.1 Å². The van der Waals surface area contributed by atoms with Crippen molar-refractivity contribution in [3.8, 4) is 0 Å². The molecule has 148 valence electrons. The number of aryl methyl sites for hydroxylation is 1. The molecule has 6 heteroatoms. The van der Waals surface area contributed by atoms with Gasteiger partial charge in [0.1, 0.15) is 0 Å². The number of fused-ring (bicyclic) bond motifs is 1. The van der Waals surface area contributed by atoms with Crippen LogP contribution >= 0.6 is 11.3 Å². The van der Waals surface area contributed by atoms with Crippen LogP contribution < -0.4 is 5.32 Å². The molecule has 1 saturated heterocycles. The van der Waals surface area contributed by atoms with E-state index in [1.807, 2.05) is 0 Å². The van der Waals surface area contributed by atoms with Crippen molar-refractivity contribution in [2.45, 2.75) is 32.6 Å². The van der Waals surface area contributed by atoms with Gasteiger partial charge in [0.15, 0.2) is 0 Å². The third-order valence-corrected chi connectivity index (χ3v) is 6.91. The van der Waals surface area contributed by atoms with Gasteiger partial charge in [-0.1, -0.05) is 13.3 Å². The number of amides is 2. The maximum Gasteiger partial charge on any atom is 0.265 e. The average molecular weight is 399 g/mol. The van der Waals surface area contributed by atoms with Gasteiger partial charge >= 0.3 is 0 Å². The molecule has 1 atom stereocenters. The van der Waals surface area contributed by atoms with Gasteiger partial charge < -0.3 is 15.0 Å². The Bertz CT molecular complexity index is 853. The van der Waals surface area contributed by atoms with Crippen LogP contribution in [0.15, 0.2) is 30.3 Å². The van der Waals surface area contributed by atoms with Gasteiger partial charge in [-0.25, -0.2) is 0 Å². The number of benzene rings is 1. The topological polar surface area (TPSA) is 58.6 Å². The van der Waals surface area contributed by atoms with Crippen LogP contribution in [0.4, 0.5) is 5.69 Å². The molecule has 0 radical (unpaired) electrons. The van der Waals surface area contributed by atoms with E-state index < -0.39 is 0 Å². The highest BCUT2D eigenvalue weighted by molar-refractivity contribution is 7.14. The lowest BCUT2D eigenvalue weighted by Gasteiger charge is -2.26. The second-order valence-electron chi connectivity index (χ2n) is 7.51. The molecule has 4 rings (SSSR count). The number of ether oxygens (including phenoxy) is 1. The van der Waals surface area contributed by atoms with Gasteiger partial charge in [0, 0.05) is 29.2 Å².